The van der Waals surface area contributed by atoms with Gasteiger partial charge in [-0.2, -0.15) is 0 Å². The van der Waals surface area contributed by atoms with Crippen molar-refractivity contribution in [1.29, 1.82) is 0 Å². The number of nitrogens with zero attached hydrogens (tertiary/aromatic N) is 1. The standard InChI is InChI=1S/C16H17N/c1-13-8-10-16(11-9-13)14(2)17-12-15-6-4-3-5-7-15/h3-12,14H,1-2H3. The summed E-state index contributed by atoms with van der Waals surface area (Å²) in [6, 6.07) is 18.9. The molecule has 0 radical (unpaired) electrons. The van der Waals surface area contributed by atoms with E-state index in [-0.39, 0.29) is 6.04 Å². The number of aliphatic imine (C=N–C) groups is 1. The second kappa shape index (κ2) is 5.44. The van der Waals surface area contributed by atoms with E-state index in [1.807, 2.05) is 24.4 Å². The van der Waals surface area contributed by atoms with Crippen molar-refractivity contribution in [2.75, 3.05) is 0 Å². The maximum absolute atomic E-state index is 4.57. The van der Waals surface area contributed by atoms with Crippen molar-refractivity contribution >= 4 is 6.21 Å². The minimum absolute atomic E-state index is 0.204. The summed E-state index contributed by atoms with van der Waals surface area (Å²) in [5.41, 5.74) is 3.68. The minimum Gasteiger partial charge on any atom is -0.285 e. The van der Waals surface area contributed by atoms with Gasteiger partial charge in [-0.05, 0) is 25.0 Å². The fourth-order valence-corrected chi connectivity index (χ4v) is 1.67. The van der Waals surface area contributed by atoms with Crippen molar-refractivity contribution < 1.29 is 0 Å². The van der Waals surface area contributed by atoms with Gasteiger partial charge in [-0.3, -0.25) is 4.99 Å². The molecule has 0 amide bonds. The third-order valence-corrected chi connectivity index (χ3v) is 2.81. The first-order valence-corrected chi connectivity index (χ1v) is 5.90. The van der Waals surface area contributed by atoms with E-state index in [2.05, 4.69) is 55.2 Å². The van der Waals surface area contributed by atoms with Crippen LogP contribution in [0.4, 0.5) is 0 Å². The second-order valence-electron chi connectivity index (χ2n) is 4.28. The average molecular weight is 223 g/mol. The van der Waals surface area contributed by atoms with Crippen molar-refractivity contribution in [3.8, 4) is 0 Å². The van der Waals surface area contributed by atoms with Gasteiger partial charge >= 0.3 is 0 Å². The zero-order valence-electron chi connectivity index (χ0n) is 10.3. The molecule has 0 saturated carbocycles. The van der Waals surface area contributed by atoms with Crippen molar-refractivity contribution in [3.05, 3.63) is 71.3 Å². The number of hydrogen-bond donors (Lipinski definition) is 0. The number of aryl methyl sites for hydroxylation is 1. The van der Waals surface area contributed by atoms with Crippen molar-refractivity contribution in [2.45, 2.75) is 19.9 Å². The Hall–Kier alpha value is -1.89. The molecule has 2 aromatic carbocycles. The van der Waals surface area contributed by atoms with Gasteiger partial charge in [-0.25, -0.2) is 0 Å². The molecule has 0 bridgehead atoms. The summed E-state index contributed by atoms with van der Waals surface area (Å²) in [4.78, 5) is 4.57. The van der Waals surface area contributed by atoms with Crippen LogP contribution in [0.5, 0.6) is 0 Å². The quantitative estimate of drug-likeness (QED) is 0.692. The number of rotatable bonds is 3. The molecule has 0 heterocycles. The van der Waals surface area contributed by atoms with Crippen LogP contribution < -0.4 is 0 Å². The van der Waals surface area contributed by atoms with E-state index in [4.69, 9.17) is 0 Å². The van der Waals surface area contributed by atoms with Gasteiger partial charge in [-0.1, -0.05) is 60.2 Å². The van der Waals surface area contributed by atoms with Crippen LogP contribution in [0.3, 0.4) is 0 Å². The Morgan fingerprint density at radius 2 is 1.59 bits per heavy atom. The molecule has 0 aliphatic carbocycles. The van der Waals surface area contributed by atoms with Gasteiger partial charge in [0.1, 0.15) is 0 Å². The highest BCUT2D eigenvalue weighted by Gasteiger charge is 2.00. The molecule has 0 aliphatic rings. The van der Waals surface area contributed by atoms with Crippen LogP contribution >= 0.6 is 0 Å². The highest BCUT2D eigenvalue weighted by Crippen LogP contribution is 2.16. The van der Waals surface area contributed by atoms with Gasteiger partial charge in [0.05, 0.1) is 6.04 Å². The van der Waals surface area contributed by atoms with Crippen LogP contribution in [-0.4, -0.2) is 6.21 Å². The zero-order chi connectivity index (χ0) is 12.1. The number of benzene rings is 2. The van der Waals surface area contributed by atoms with Crippen LogP contribution in [0.15, 0.2) is 59.6 Å². The Labute approximate surface area is 103 Å². The predicted octanol–water partition coefficient (Wildman–Crippen LogP) is 4.18. The van der Waals surface area contributed by atoms with Crippen LogP contribution in [0.25, 0.3) is 0 Å². The lowest BCUT2D eigenvalue weighted by Crippen LogP contribution is -1.91. The monoisotopic (exact) mass is 223 g/mol. The first-order valence-electron chi connectivity index (χ1n) is 5.90. The Kier molecular flexibility index (Phi) is 3.71. The third-order valence-electron chi connectivity index (χ3n) is 2.81. The Bertz CT molecular complexity index is 483. The van der Waals surface area contributed by atoms with Gasteiger partial charge < -0.3 is 0 Å². The Morgan fingerprint density at radius 1 is 0.941 bits per heavy atom. The fourth-order valence-electron chi connectivity index (χ4n) is 1.67. The van der Waals surface area contributed by atoms with E-state index >= 15 is 0 Å². The van der Waals surface area contributed by atoms with Gasteiger partial charge in [0.25, 0.3) is 0 Å². The lowest BCUT2D eigenvalue weighted by molar-refractivity contribution is 0.824. The van der Waals surface area contributed by atoms with E-state index in [0.29, 0.717) is 0 Å². The molecule has 0 N–H and O–H groups in total. The molecule has 1 nitrogen and oxygen atoms in total. The minimum atomic E-state index is 0.204. The molecule has 17 heavy (non-hydrogen) atoms. The van der Waals surface area contributed by atoms with Crippen molar-refractivity contribution in [3.63, 3.8) is 0 Å². The maximum Gasteiger partial charge on any atom is 0.0721 e. The predicted molar refractivity (Wildman–Crippen MR) is 73.6 cm³/mol. The largest absolute Gasteiger partial charge is 0.285 e. The van der Waals surface area contributed by atoms with E-state index < -0.39 is 0 Å². The summed E-state index contributed by atoms with van der Waals surface area (Å²) in [5, 5.41) is 0. The molecule has 0 aliphatic heterocycles. The van der Waals surface area contributed by atoms with E-state index in [9.17, 15) is 0 Å². The van der Waals surface area contributed by atoms with E-state index in [0.717, 1.165) is 5.56 Å². The molecule has 0 fully saturated rings. The van der Waals surface area contributed by atoms with Gasteiger partial charge in [-0.15, -0.1) is 0 Å². The molecular formula is C16H17N. The van der Waals surface area contributed by atoms with Gasteiger partial charge in [0.2, 0.25) is 0 Å². The molecular weight excluding hydrogens is 206 g/mol. The topological polar surface area (TPSA) is 12.4 Å². The highest BCUT2D eigenvalue weighted by atomic mass is 14.8. The zero-order valence-corrected chi connectivity index (χ0v) is 10.3. The van der Waals surface area contributed by atoms with Crippen LogP contribution in [0.2, 0.25) is 0 Å². The highest BCUT2D eigenvalue weighted by molar-refractivity contribution is 5.79. The second-order valence-corrected chi connectivity index (χ2v) is 4.28. The molecule has 0 aromatic heterocycles. The lowest BCUT2D eigenvalue weighted by Gasteiger charge is -2.06. The molecule has 0 saturated heterocycles. The maximum atomic E-state index is 4.57. The molecule has 2 rings (SSSR count). The molecule has 0 spiro atoms. The molecule has 1 unspecified atom stereocenters. The SMILES string of the molecule is Cc1ccc(C(C)N=Cc2ccccc2)cc1. The summed E-state index contributed by atoms with van der Waals surface area (Å²) < 4.78 is 0. The molecule has 2 aromatic rings. The van der Waals surface area contributed by atoms with Crippen LogP contribution in [-0.2, 0) is 0 Å². The first-order chi connectivity index (χ1) is 8.25. The molecule has 86 valence electrons. The first kappa shape index (κ1) is 11.6. The fraction of sp³-hybridized carbons (Fsp3) is 0.188. The summed E-state index contributed by atoms with van der Waals surface area (Å²) in [7, 11) is 0. The Balaban J connectivity index is 2.09. The van der Waals surface area contributed by atoms with E-state index in [1.165, 1.54) is 11.1 Å². The van der Waals surface area contributed by atoms with Crippen LogP contribution in [0.1, 0.15) is 29.7 Å². The van der Waals surface area contributed by atoms with E-state index in [1.54, 1.807) is 0 Å². The molecule has 1 heteroatoms. The van der Waals surface area contributed by atoms with Gasteiger partial charge in [0.15, 0.2) is 0 Å². The smallest absolute Gasteiger partial charge is 0.0721 e. The summed E-state index contributed by atoms with van der Waals surface area (Å²) in [6.07, 6.45) is 1.94. The van der Waals surface area contributed by atoms with Crippen molar-refractivity contribution in [1.82, 2.24) is 0 Å². The van der Waals surface area contributed by atoms with Crippen LogP contribution in [0, 0.1) is 6.92 Å². The summed E-state index contributed by atoms with van der Waals surface area (Å²) in [6.45, 7) is 4.21. The Morgan fingerprint density at radius 3 is 2.24 bits per heavy atom. The lowest BCUT2D eigenvalue weighted by atomic mass is 10.1. The number of hydrogen-bond acceptors (Lipinski definition) is 1. The third kappa shape index (κ3) is 3.28. The summed E-state index contributed by atoms with van der Waals surface area (Å²) >= 11 is 0. The average Bonchev–Trinajstić information content (AvgIpc) is 2.38. The normalized spacial score (nSPS) is 12.8. The summed E-state index contributed by atoms with van der Waals surface area (Å²) in [5.74, 6) is 0. The van der Waals surface area contributed by atoms with Crippen molar-refractivity contribution in [2.24, 2.45) is 4.99 Å². The molecule has 1 atom stereocenters. The van der Waals surface area contributed by atoms with Gasteiger partial charge in [0, 0.05) is 6.21 Å².